The van der Waals surface area contributed by atoms with Gasteiger partial charge in [-0.25, -0.2) is 4.39 Å². The van der Waals surface area contributed by atoms with Gasteiger partial charge in [-0.3, -0.25) is 0 Å². The standard InChI is InChI=1S/C15H19FN2O/c1-13(2)9-15(10-17,14(3,4)19-13)18-12-8-6-5-7-11(12)16/h5-8,18H,9H2,1-4H3. The molecule has 19 heavy (non-hydrogen) atoms. The van der Waals surface area contributed by atoms with Gasteiger partial charge < -0.3 is 10.1 Å². The Hall–Kier alpha value is -1.60. The highest BCUT2D eigenvalue weighted by Gasteiger charge is 2.58. The van der Waals surface area contributed by atoms with Gasteiger partial charge in [-0.05, 0) is 39.8 Å². The Morgan fingerprint density at radius 2 is 1.89 bits per heavy atom. The zero-order chi connectivity index (χ0) is 14.3. The number of benzene rings is 1. The molecule has 102 valence electrons. The minimum Gasteiger partial charge on any atom is -0.366 e. The summed E-state index contributed by atoms with van der Waals surface area (Å²) in [5, 5.41) is 12.7. The van der Waals surface area contributed by atoms with Gasteiger partial charge in [0.1, 0.15) is 5.82 Å². The lowest BCUT2D eigenvalue weighted by molar-refractivity contribution is -0.0713. The predicted octanol–water partition coefficient (Wildman–Crippen LogP) is 3.48. The molecule has 1 aromatic rings. The van der Waals surface area contributed by atoms with Gasteiger partial charge in [0.05, 0.1) is 23.0 Å². The van der Waals surface area contributed by atoms with E-state index in [-0.39, 0.29) is 5.82 Å². The molecular weight excluding hydrogens is 243 g/mol. The van der Waals surface area contributed by atoms with Crippen molar-refractivity contribution < 1.29 is 9.13 Å². The molecule has 1 saturated heterocycles. The van der Waals surface area contributed by atoms with Crippen LogP contribution >= 0.6 is 0 Å². The fourth-order valence-electron chi connectivity index (χ4n) is 2.85. The summed E-state index contributed by atoms with van der Waals surface area (Å²) in [5.74, 6) is -0.363. The maximum atomic E-state index is 13.8. The van der Waals surface area contributed by atoms with Gasteiger partial charge >= 0.3 is 0 Å². The van der Waals surface area contributed by atoms with E-state index in [0.29, 0.717) is 12.1 Å². The van der Waals surface area contributed by atoms with E-state index in [4.69, 9.17) is 4.74 Å². The fraction of sp³-hybridized carbons (Fsp3) is 0.533. The third kappa shape index (κ3) is 2.31. The second-order valence-corrected chi connectivity index (χ2v) is 6.17. The lowest BCUT2D eigenvalue weighted by Crippen LogP contribution is -2.51. The number of nitrogens with one attached hydrogen (secondary N) is 1. The van der Waals surface area contributed by atoms with Crippen molar-refractivity contribution in [1.29, 1.82) is 5.26 Å². The van der Waals surface area contributed by atoms with Crippen molar-refractivity contribution in [2.45, 2.75) is 50.9 Å². The molecule has 4 heteroatoms. The van der Waals surface area contributed by atoms with Crippen LogP contribution in [0.4, 0.5) is 10.1 Å². The zero-order valence-corrected chi connectivity index (χ0v) is 11.7. The summed E-state index contributed by atoms with van der Waals surface area (Å²) in [4.78, 5) is 0. The van der Waals surface area contributed by atoms with Crippen LogP contribution in [0, 0.1) is 17.1 Å². The first kappa shape index (κ1) is 13.8. The number of nitrogens with zero attached hydrogens (tertiary/aromatic N) is 1. The maximum absolute atomic E-state index is 13.8. The van der Waals surface area contributed by atoms with Crippen LogP contribution in [-0.4, -0.2) is 16.7 Å². The summed E-state index contributed by atoms with van der Waals surface area (Å²) in [6.45, 7) is 7.60. The minimum atomic E-state index is -0.946. The molecule has 1 unspecified atom stereocenters. The number of hydrogen-bond donors (Lipinski definition) is 1. The lowest BCUT2D eigenvalue weighted by atomic mass is 9.80. The highest BCUT2D eigenvalue weighted by atomic mass is 19.1. The smallest absolute Gasteiger partial charge is 0.156 e. The normalized spacial score (nSPS) is 27.8. The molecule has 2 rings (SSSR count). The largest absolute Gasteiger partial charge is 0.366 e. The first-order valence-electron chi connectivity index (χ1n) is 6.36. The third-order valence-corrected chi connectivity index (χ3v) is 3.66. The van der Waals surface area contributed by atoms with Crippen molar-refractivity contribution in [3.8, 4) is 6.07 Å². The Morgan fingerprint density at radius 3 is 2.37 bits per heavy atom. The average Bonchev–Trinajstić information content (AvgIpc) is 2.47. The van der Waals surface area contributed by atoms with E-state index in [1.54, 1.807) is 18.2 Å². The molecule has 0 aliphatic carbocycles. The topological polar surface area (TPSA) is 45.0 Å². The number of ether oxygens (including phenoxy) is 1. The zero-order valence-electron chi connectivity index (χ0n) is 11.7. The average molecular weight is 262 g/mol. The molecule has 0 bridgehead atoms. The summed E-state index contributed by atoms with van der Waals surface area (Å²) in [7, 11) is 0. The quantitative estimate of drug-likeness (QED) is 0.887. The van der Waals surface area contributed by atoms with E-state index in [1.807, 2.05) is 27.7 Å². The van der Waals surface area contributed by atoms with E-state index in [0.717, 1.165) is 0 Å². The minimum absolute atomic E-state index is 0.332. The van der Waals surface area contributed by atoms with Gasteiger partial charge in [-0.1, -0.05) is 12.1 Å². The molecule has 3 nitrogen and oxygen atoms in total. The van der Waals surface area contributed by atoms with Crippen molar-refractivity contribution in [3.63, 3.8) is 0 Å². The van der Waals surface area contributed by atoms with Crippen molar-refractivity contribution >= 4 is 5.69 Å². The van der Waals surface area contributed by atoms with Crippen molar-refractivity contribution in [2.24, 2.45) is 0 Å². The van der Waals surface area contributed by atoms with Gasteiger partial charge in [0.15, 0.2) is 5.54 Å². The molecule has 1 aliphatic heterocycles. The molecule has 0 radical (unpaired) electrons. The summed E-state index contributed by atoms with van der Waals surface area (Å²) >= 11 is 0. The molecule has 1 N–H and O–H groups in total. The molecule has 0 aromatic heterocycles. The van der Waals surface area contributed by atoms with Gasteiger partial charge in [-0.2, -0.15) is 5.26 Å². The van der Waals surface area contributed by atoms with Crippen LogP contribution in [0.1, 0.15) is 34.1 Å². The number of halogens is 1. The monoisotopic (exact) mass is 262 g/mol. The Labute approximate surface area is 113 Å². The summed E-state index contributed by atoms with van der Waals surface area (Å²) in [6.07, 6.45) is 0.498. The molecule has 0 spiro atoms. The number of anilines is 1. The molecule has 1 heterocycles. The van der Waals surface area contributed by atoms with E-state index >= 15 is 0 Å². The van der Waals surface area contributed by atoms with Gasteiger partial charge in [0.2, 0.25) is 0 Å². The van der Waals surface area contributed by atoms with Crippen LogP contribution in [0.3, 0.4) is 0 Å². The Kier molecular flexibility index (Phi) is 3.06. The first-order valence-corrected chi connectivity index (χ1v) is 6.36. The Balaban J connectivity index is 2.41. The molecule has 1 fully saturated rings. The number of para-hydroxylation sites is 1. The molecule has 0 saturated carbocycles. The molecule has 1 atom stereocenters. The molecular formula is C15H19FN2O. The van der Waals surface area contributed by atoms with E-state index in [9.17, 15) is 9.65 Å². The van der Waals surface area contributed by atoms with Crippen molar-refractivity contribution in [3.05, 3.63) is 30.1 Å². The van der Waals surface area contributed by atoms with Crippen LogP contribution in [0.25, 0.3) is 0 Å². The number of nitriles is 1. The van der Waals surface area contributed by atoms with Crippen LogP contribution in [0.2, 0.25) is 0 Å². The van der Waals surface area contributed by atoms with Gasteiger partial charge in [-0.15, -0.1) is 0 Å². The Morgan fingerprint density at radius 1 is 1.26 bits per heavy atom. The number of rotatable bonds is 2. The summed E-state index contributed by atoms with van der Waals surface area (Å²) in [5.41, 5.74) is -1.73. The van der Waals surface area contributed by atoms with Gasteiger partial charge in [0, 0.05) is 6.42 Å². The Bertz CT molecular complexity index is 533. The maximum Gasteiger partial charge on any atom is 0.156 e. The van der Waals surface area contributed by atoms with Crippen molar-refractivity contribution in [2.75, 3.05) is 5.32 Å². The summed E-state index contributed by atoms with van der Waals surface area (Å²) < 4.78 is 19.7. The van der Waals surface area contributed by atoms with Crippen LogP contribution in [0.5, 0.6) is 0 Å². The number of hydrogen-bond acceptors (Lipinski definition) is 3. The summed E-state index contributed by atoms with van der Waals surface area (Å²) in [6, 6.07) is 8.67. The second kappa shape index (κ2) is 4.21. The third-order valence-electron chi connectivity index (χ3n) is 3.66. The fourth-order valence-corrected chi connectivity index (χ4v) is 2.85. The van der Waals surface area contributed by atoms with Gasteiger partial charge in [0.25, 0.3) is 0 Å². The lowest BCUT2D eigenvalue weighted by Gasteiger charge is -2.35. The van der Waals surface area contributed by atoms with Crippen molar-refractivity contribution in [1.82, 2.24) is 0 Å². The van der Waals surface area contributed by atoms with E-state index in [2.05, 4.69) is 11.4 Å². The highest BCUT2D eigenvalue weighted by Crippen LogP contribution is 2.46. The van der Waals surface area contributed by atoms with Crippen LogP contribution < -0.4 is 5.32 Å². The molecule has 1 aromatic carbocycles. The second-order valence-electron chi connectivity index (χ2n) is 6.17. The molecule has 0 amide bonds. The highest BCUT2D eigenvalue weighted by molar-refractivity contribution is 5.51. The van der Waals surface area contributed by atoms with E-state index in [1.165, 1.54) is 6.07 Å². The van der Waals surface area contributed by atoms with Crippen LogP contribution in [-0.2, 0) is 4.74 Å². The SMILES string of the molecule is CC1(C)CC(C#N)(Nc2ccccc2F)C(C)(C)O1. The predicted molar refractivity (Wildman–Crippen MR) is 72.2 cm³/mol. The van der Waals surface area contributed by atoms with E-state index < -0.39 is 16.7 Å². The first-order chi connectivity index (χ1) is 8.71. The van der Waals surface area contributed by atoms with Crippen LogP contribution in [0.15, 0.2) is 24.3 Å². The molecule has 1 aliphatic rings.